The summed E-state index contributed by atoms with van der Waals surface area (Å²) in [5, 5.41) is 0. The molecule has 0 aromatic heterocycles. The third-order valence-electron chi connectivity index (χ3n) is 18.8. The number of hydrogen-bond donors (Lipinski definition) is 0. The standard InChI is InChI=1S/C71H144/c1-13-20-26-31-36-40-42-47-51-56-62-70(60-54-49-45-39-34-29-23-16-4,61-55-50-46-41-37-32-27-21-14-2)71(69(11,12)65-68(8,9)10,63-57-52-44-35-30-24-17-5)67(64-66(19-7)58-25-18-6)59-53-48-43-38-33-28-22-15-3/h66-67H,13-65H2,1-12H3. The molecule has 0 aromatic carbocycles. The largest absolute Gasteiger partial charge is 0.0654 e. The molecule has 0 radical (unpaired) electrons. The number of hydrogen-bond acceptors (Lipinski definition) is 0. The van der Waals surface area contributed by atoms with Crippen LogP contribution in [0.15, 0.2) is 0 Å². The molecule has 0 saturated carbocycles. The highest BCUT2D eigenvalue weighted by Gasteiger charge is 2.61. The number of unbranched alkanes of at least 4 members (excludes halogenated alkanes) is 38. The predicted octanol–water partition coefficient (Wildman–Crippen LogP) is 27.1. The highest BCUT2D eigenvalue weighted by molar-refractivity contribution is 5.10. The van der Waals surface area contributed by atoms with Crippen LogP contribution < -0.4 is 0 Å². The molecule has 71 heavy (non-hydrogen) atoms. The molecule has 428 valence electrons. The predicted molar refractivity (Wildman–Crippen MR) is 330 cm³/mol. The molecule has 0 N–H and O–H groups in total. The van der Waals surface area contributed by atoms with E-state index in [0.29, 0.717) is 21.7 Å². The highest BCUT2D eigenvalue weighted by atomic mass is 14.6. The Morgan fingerprint density at radius 3 is 0.817 bits per heavy atom. The van der Waals surface area contributed by atoms with E-state index in [2.05, 4.69) is 83.1 Å². The summed E-state index contributed by atoms with van der Waals surface area (Å²) in [7, 11) is 0. The van der Waals surface area contributed by atoms with Crippen molar-refractivity contribution in [1.82, 2.24) is 0 Å². The summed E-state index contributed by atoms with van der Waals surface area (Å²) < 4.78 is 0. The minimum absolute atomic E-state index is 0.291. The molecule has 0 aliphatic carbocycles. The van der Waals surface area contributed by atoms with E-state index in [0.717, 1.165) is 11.8 Å². The van der Waals surface area contributed by atoms with Crippen LogP contribution in [0.25, 0.3) is 0 Å². The van der Waals surface area contributed by atoms with Crippen LogP contribution in [0, 0.1) is 33.5 Å². The second-order valence-electron chi connectivity index (χ2n) is 27.1. The van der Waals surface area contributed by atoms with Gasteiger partial charge in [-0.1, -0.05) is 378 Å². The monoisotopic (exact) mass is 997 g/mol. The quantitative estimate of drug-likeness (QED) is 0.0533. The lowest BCUT2D eigenvalue weighted by molar-refractivity contribution is -0.163. The maximum Gasteiger partial charge on any atom is -0.0161 e. The molecule has 0 nitrogen and oxygen atoms in total. The fourth-order valence-corrected chi connectivity index (χ4v) is 15.2. The van der Waals surface area contributed by atoms with Crippen molar-refractivity contribution in [1.29, 1.82) is 0 Å². The van der Waals surface area contributed by atoms with E-state index in [-0.39, 0.29) is 0 Å². The molecule has 4 unspecified atom stereocenters. The van der Waals surface area contributed by atoms with Gasteiger partial charge in [0.2, 0.25) is 0 Å². The highest BCUT2D eigenvalue weighted by Crippen LogP contribution is 2.69. The first-order valence-electron chi connectivity index (χ1n) is 34.4. The van der Waals surface area contributed by atoms with Crippen LogP contribution in [0.1, 0.15) is 423 Å². The Balaban J connectivity index is 7.89. The van der Waals surface area contributed by atoms with Gasteiger partial charge in [-0.05, 0) is 78.4 Å². The summed E-state index contributed by atoms with van der Waals surface area (Å²) in [6, 6.07) is 0. The third kappa shape index (κ3) is 35.1. The lowest BCUT2D eigenvalue weighted by Gasteiger charge is -2.65. The minimum atomic E-state index is 0.291. The lowest BCUT2D eigenvalue weighted by Crippen LogP contribution is -2.57. The summed E-state index contributed by atoms with van der Waals surface area (Å²) in [5.74, 6) is 1.73. The van der Waals surface area contributed by atoms with Gasteiger partial charge < -0.3 is 0 Å². The normalized spacial score (nSPS) is 15.0. The molecule has 0 rings (SSSR count). The Morgan fingerprint density at radius 2 is 0.535 bits per heavy atom. The van der Waals surface area contributed by atoms with Gasteiger partial charge in [-0.25, -0.2) is 0 Å². The Hall–Kier alpha value is 0. The van der Waals surface area contributed by atoms with Gasteiger partial charge in [0.05, 0.1) is 0 Å². The second-order valence-corrected chi connectivity index (χ2v) is 27.1. The van der Waals surface area contributed by atoms with Gasteiger partial charge in [-0.3, -0.25) is 0 Å². The van der Waals surface area contributed by atoms with Crippen molar-refractivity contribution < 1.29 is 0 Å². The van der Waals surface area contributed by atoms with Crippen LogP contribution in [0.5, 0.6) is 0 Å². The zero-order chi connectivity index (χ0) is 52.6. The fraction of sp³-hybridized carbons (Fsp3) is 1.00. The Morgan fingerprint density at radius 1 is 0.268 bits per heavy atom. The van der Waals surface area contributed by atoms with E-state index >= 15 is 0 Å². The Labute approximate surface area is 454 Å². The molecule has 0 fully saturated rings. The first-order chi connectivity index (χ1) is 34.4. The van der Waals surface area contributed by atoms with Gasteiger partial charge in [-0.2, -0.15) is 0 Å². The zero-order valence-electron chi connectivity index (χ0n) is 52.6. The molecule has 0 bridgehead atoms. The van der Waals surface area contributed by atoms with E-state index in [9.17, 15) is 0 Å². The molecule has 0 heteroatoms. The topological polar surface area (TPSA) is 0 Å². The fourth-order valence-electron chi connectivity index (χ4n) is 15.2. The molecule has 4 atom stereocenters. The van der Waals surface area contributed by atoms with Crippen molar-refractivity contribution in [2.45, 2.75) is 423 Å². The van der Waals surface area contributed by atoms with Gasteiger partial charge in [0.25, 0.3) is 0 Å². The SMILES string of the molecule is CCCCCCCCCCCCC(CCCCCCCCCC)(CCCCCCCCCCC)C(CCCCCCCCC)(C(CCCCCCCCCC)CC(CC)CCCC)C(C)(C)CC(C)(C)C. The molecular weight excluding hydrogens is 853 g/mol. The Bertz CT molecular complexity index is 1040. The van der Waals surface area contributed by atoms with Crippen molar-refractivity contribution in [2.24, 2.45) is 33.5 Å². The van der Waals surface area contributed by atoms with Gasteiger partial charge >= 0.3 is 0 Å². The van der Waals surface area contributed by atoms with Crippen molar-refractivity contribution in [3.8, 4) is 0 Å². The van der Waals surface area contributed by atoms with E-state index in [1.807, 2.05) is 0 Å². The third-order valence-corrected chi connectivity index (χ3v) is 18.8. The van der Waals surface area contributed by atoms with Crippen LogP contribution in [-0.2, 0) is 0 Å². The average molecular weight is 998 g/mol. The van der Waals surface area contributed by atoms with E-state index in [4.69, 9.17) is 0 Å². The smallest absolute Gasteiger partial charge is 0.0161 e. The maximum absolute atomic E-state index is 2.94. The van der Waals surface area contributed by atoms with Crippen LogP contribution in [0.4, 0.5) is 0 Å². The molecule has 0 heterocycles. The van der Waals surface area contributed by atoms with Crippen LogP contribution >= 0.6 is 0 Å². The lowest BCUT2D eigenvalue weighted by atomic mass is 9.39. The van der Waals surface area contributed by atoms with Gasteiger partial charge in [0, 0.05) is 0 Å². The second kappa shape index (κ2) is 48.4. The Kier molecular flexibility index (Phi) is 48.4. The van der Waals surface area contributed by atoms with Gasteiger partial charge in [0.1, 0.15) is 0 Å². The first-order valence-corrected chi connectivity index (χ1v) is 34.4. The van der Waals surface area contributed by atoms with E-state index < -0.39 is 0 Å². The van der Waals surface area contributed by atoms with E-state index in [1.54, 1.807) is 0 Å². The van der Waals surface area contributed by atoms with Gasteiger partial charge in [-0.15, -0.1) is 0 Å². The summed E-state index contributed by atoms with van der Waals surface area (Å²) in [4.78, 5) is 0. The summed E-state index contributed by atoms with van der Waals surface area (Å²) in [6.45, 7) is 30.8. The summed E-state index contributed by atoms with van der Waals surface area (Å²) >= 11 is 0. The van der Waals surface area contributed by atoms with Gasteiger partial charge in [0.15, 0.2) is 0 Å². The molecule has 0 aromatic rings. The molecular formula is C71H144. The van der Waals surface area contributed by atoms with Crippen molar-refractivity contribution >= 4 is 0 Å². The van der Waals surface area contributed by atoms with Crippen molar-refractivity contribution in [3.05, 3.63) is 0 Å². The zero-order valence-corrected chi connectivity index (χ0v) is 52.6. The number of rotatable bonds is 57. The van der Waals surface area contributed by atoms with Crippen LogP contribution in [0.2, 0.25) is 0 Å². The summed E-state index contributed by atoms with van der Waals surface area (Å²) in [6.07, 6.45) is 77.3. The van der Waals surface area contributed by atoms with Crippen molar-refractivity contribution in [2.75, 3.05) is 0 Å². The maximum atomic E-state index is 2.94. The molecule has 0 amide bonds. The van der Waals surface area contributed by atoms with E-state index in [1.165, 1.54) is 340 Å². The molecule has 0 aliphatic heterocycles. The minimum Gasteiger partial charge on any atom is -0.0654 e. The van der Waals surface area contributed by atoms with Crippen LogP contribution in [-0.4, -0.2) is 0 Å². The van der Waals surface area contributed by atoms with Crippen molar-refractivity contribution in [3.63, 3.8) is 0 Å². The summed E-state index contributed by atoms with van der Waals surface area (Å²) in [5.41, 5.74) is 1.42. The van der Waals surface area contributed by atoms with Crippen LogP contribution in [0.3, 0.4) is 0 Å². The molecule has 0 aliphatic rings. The molecule has 0 spiro atoms. The average Bonchev–Trinajstić information content (AvgIpc) is 3.33. The molecule has 0 saturated heterocycles. The first kappa shape index (κ1) is 71.0.